The van der Waals surface area contributed by atoms with E-state index in [1.165, 1.54) is 0 Å². The van der Waals surface area contributed by atoms with Crippen LogP contribution in [0.25, 0.3) is 11.4 Å². The summed E-state index contributed by atoms with van der Waals surface area (Å²) < 4.78 is 12.0. The molecule has 4 nitrogen and oxygen atoms in total. The van der Waals surface area contributed by atoms with Crippen LogP contribution in [0.15, 0.2) is 22.7 Å². The van der Waals surface area contributed by atoms with Gasteiger partial charge in [-0.15, -0.1) is 0 Å². The molecule has 1 aromatic carbocycles. The second-order valence-electron chi connectivity index (χ2n) is 3.88. The number of halogens is 3. The lowest BCUT2D eigenvalue weighted by Gasteiger charge is -2.09. The average molecular weight is 470 g/mol. The van der Waals surface area contributed by atoms with E-state index in [1.54, 1.807) is 14.2 Å². The molecular formula is C13H11BrClIN2O2. The first kappa shape index (κ1) is 15.9. The molecule has 0 unspecified atom stereocenters. The van der Waals surface area contributed by atoms with Gasteiger partial charge >= 0.3 is 0 Å². The molecule has 0 amide bonds. The Morgan fingerprint density at radius 1 is 1.30 bits per heavy atom. The lowest BCUT2D eigenvalue weighted by atomic mass is 10.2. The number of rotatable bonds is 4. The van der Waals surface area contributed by atoms with Crippen molar-refractivity contribution in [3.63, 3.8) is 0 Å². The number of aromatic nitrogens is 2. The SMILES string of the molecule is COCc1nc(-c2ccc(OC)c(Br)c2)nc(Cl)c1I. The van der Waals surface area contributed by atoms with Gasteiger partial charge in [0.1, 0.15) is 10.9 Å². The van der Waals surface area contributed by atoms with Gasteiger partial charge < -0.3 is 9.47 Å². The van der Waals surface area contributed by atoms with Crippen molar-refractivity contribution in [2.24, 2.45) is 0 Å². The Balaban J connectivity index is 2.49. The second-order valence-corrected chi connectivity index (χ2v) is 6.17. The summed E-state index contributed by atoms with van der Waals surface area (Å²) in [7, 11) is 3.24. The van der Waals surface area contributed by atoms with E-state index < -0.39 is 0 Å². The summed E-state index contributed by atoms with van der Waals surface area (Å²) in [5, 5.41) is 0.426. The normalized spacial score (nSPS) is 10.7. The van der Waals surface area contributed by atoms with Crippen LogP contribution in [0.2, 0.25) is 5.15 Å². The molecule has 0 saturated carbocycles. The van der Waals surface area contributed by atoms with Crippen LogP contribution in [0.5, 0.6) is 5.75 Å². The van der Waals surface area contributed by atoms with Crippen molar-refractivity contribution in [1.29, 1.82) is 0 Å². The monoisotopic (exact) mass is 468 g/mol. The Labute approximate surface area is 144 Å². The van der Waals surface area contributed by atoms with E-state index in [-0.39, 0.29) is 0 Å². The predicted octanol–water partition coefficient (Wildman–Crippen LogP) is 4.32. The molecule has 20 heavy (non-hydrogen) atoms. The fraction of sp³-hybridized carbons (Fsp3) is 0.231. The topological polar surface area (TPSA) is 44.2 Å². The Bertz CT molecular complexity index is 640. The van der Waals surface area contributed by atoms with Gasteiger partial charge in [-0.3, -0.25) is 0 Å². The van der Waals surface area contributed by atoms with Gasteiger partial charge in [-0.2, -0.15) is 0 Å². The minimum atomic E-state index is 0.394. The molecule has 0 N–H and O–H groups in total. The molecule has 0 fully saturated rings. The zero-order valence-corrected chi connectivity index (χ0v) is 15.3. The first-order valence-corrected chi connectivity index (χ1v) is 7.86. The Kier molecular flexibility index (Phi) is 5.59. The summed E-state index contributed by atoms with van der Waals surface area (Å²) in [6.07, 6.45) is 0. The fourth-order valence-electron chi connectivity index (χ4n) is 1.63. The molecule has 2 rings (SSSR count). The van der Waals surface area contributed by atoms with Gasteiger partial charge in [0.25, 0.3) is 0 Å². The molecule has 106 valence electrons. The van der Waals surface area contributed by atoms with Crippen LogP contribution in [-0.2, 0) is 11.3 Å². The van der Waals surface area contributed by atoms with E-state index in [1.807, 2.05) is 18.2 Å². The summed E-state index contributed by atoms with van der Waals surface area (Å²) in [6, 6.07) is 5.64. The maximum atomic E-state index is 6.15. The van der Waals surface area contributed by atoms with Gasteiger partial charge in [0.2, 0.25) is 0 Å². The van der Waals surface area contributed by atoms with Crippen LogP contribution in [-0.4, -0.2) is 24.2 Å². The molecule has 1 heterocycles. The van der Waals surface area contributed by atoms with E-state index in [9.17, 15) is 0 Å². The molecule has 0 aliphatic rings. The summed E-state index contributed by atoms with van der Waals surface area (Å²) in [5.74, 6) is 1.31. The molecule has 2 aromatic rings. The third kappa shape index (κ3) is 3.41. The summed E-state index contributed by atoms with van der Waals surface area (Å²) >= 11 is 11.7. The third-order valence-electron chi connectivity index (χ3n) is 2.57. The zero-order valence-electron chi connectivity index (χ0n) is 10.8. The van der Waals surface area contributed by atoms with Gasteiger partial charge in [-0.05, 0) is 56.7 Å². The quantitative estimate of drug-likeness (QED) is 0.494. The van der Waals surface area contributed by atoms with Crippen molar-refractivity contribution < 1.29 is 9.47 Å². The lowest BCUT2D eigenvalue weighted by molar-refractivity contribution is 0.181. The lowest BCUT2D eigenvalue weighted by Crippen LogP contribution is -2.02. The van der Waals surface area contributed by atoms with E-state index in [0.29, 0.717) is 17.6 Å². The summed E-state index contributed by atoms with van der Waals surface area (Å²) in [6.45, 7) is 0.394. The maximum Gasteiger partial charge on any atom is 0.161 e. The van der Waals surface area contributed by atoms with Gasteiger partial charge in [0.05, 0.1) is 27.5 Å². The molecular weight excluding hydrogens is 458 g/mol. The molecule has 0 bridgehead atoms. The minimum Gasteiger partial charge on any atom is -0.496 e. The van der Waals surface area contributed by atoms with Gasteiger partial charge in [-0.1, -0.05) is 11.6 Å². The molecule has 0 aliphatic heterocycles. The first-order chi connectivity index (χ1) is 9.56. The van der Waals surface area contributed by atoms with E-state index in [2.05, 4.69) is 48.5 Å². The van der Waals surface area contributed by atoms with Crippen LogP contribution >= 0.6 is 50.1 Å². The molecule has 0 aliphatic carbocycles. The van der Waals surface area contributed by atoms with Crippen LogP contribution in [0.3, 0.4) is 0 Å². The highest BCUT2D eigenvalue weighted by molar-refractivity contribution is 14.1. The number of ether oxygens (including phenoxy) is 2. The van der Waals surface area contributed by atoms with Gasteiger partial charge in [0, 0.05) is 12.7 Å². The fourth-order valence-corrected chi connectivity index (χ4v) is 2.76. The van der Waals surface area contributed by atoms with Crippen molar-refractivity contribution in [1.82, 2.24) is 9.97 Å². The molecule has 0 atom stereocenters. The van der Waals surface area contributed by atoms with Crippen LogP contribution in [0.1, 0.15) is 5.69 Å². The van der Waals surface area contributed by atoms with Crippen LogP contribution in [0.4, 0.5) is 0 Å². The zero-order chi connectivity index (χ0) is 14.7. The predicted molar refractivity (Wildman–Crippen MR) is 90.2 cm³/mol. The number of nitrogens with zero attached hydrogens (tertiary/aromatic N) is 2. The third-order valence-corrected chi connectivity index (χ3v) is 4.92. The molecule has 0 spiro atoms. The molecule has 0 saturated heterocycles. The maximum absolute atomic E-state index is 6.15. The van der Waals surface area contributed by atoms with E-state index in [0.717, 1.165) is 25.0 Å². The molecule has 1 aromatic heterocycles. The van der Waals surface area contributed by atoms with E-state index >= 15 is 0 Å². The highest BCUT2D eigenvalue weighted by Gasteiger charge is 2.13. The largest absolute Gasteiger partial charge is 0.496 e. The van der Waals surface area contributed by atoms with E-state index in [4.69, 9.17) is 21.1 Å². The van der Waals surface area contributed by atoms with Crippen molar-refractivity contribution in [2.75, 3.05) is 14.2 Å². The van der Waals surface area contributed by atoms with Crippen molar-refractivity contribution >= 4 is 50.1 Å². The number of hydrogen-bond donors (Lipinski definition) is 0. The van der Waals surface area contributed by atoms with Crippen molar-refractivity contribution in [3.05, 3.63) is 37.1 Å². The van der Waals surface area contributed by atoms with Crippen molar-refractivity contribution in [3.8, 4) is 17.1 Å². The number of methoxy groups -OCH3 is 2. The second kappa shape index (κ2) is 7.02. The number of hydrogen-bond acceptors (Lipinski definition) is 4. The Morgan fingerprint density at radius 3 is 2.65 bits per heavy atom. The summed E-state index contributed by atoms with van der Waals surface area (Å²) in [5.41, 5.74) is 1.63. The Morgan fingerprint density at radius 2 is 2.05 bits per heavy atom. The smallest absolute Gasteiger partial charge is 0.161 e. The molecule has 7 heteroatoms. The standard InChI is InChI=1S/C13H11BrClIN2O2/c1-19-6-9-11(16)12(15)18-13(17-9)7-3-4-10(20-2)8(14)5-7/h3-5H,6H2,1-2H3. The molecule has 0 radical (unpaired) electrons. The minimum absolute atomic E-state index is 0.394. The first-order valence-electron chi connectivity index (χ1n) is 5.61. The Hall–Kier alpha value is -0.440. The highest BCUT2D eigenvalue weighted by Crippen LogP contribution is 2.30. The number of benzene rings is 1. The van der Waals surface area contributed by atoms with Gasteiger partial charge in [-0.25, -0.2) is 9.97 Å². The van der Waals surface area contributed by atoms with Gasteiger partial charge in [0.15, 0.2) is 5.82 Å². The van der Waals surface area contributed by atoms with Crippen LogP contribution in [0, 0.1) is 3.57 Å². The average Bonchev–Trinajstić information content (AvgIpc) is 2.43. The van der Waals surface area contributed by atoms with Crippen molar-refractivity contribution in [2.45, 2.75) is 6.61 Å². The summed E-state index contributed by atoms with van der Waals surface area (Å²) in [4.78, 5) is 8.81. The van der Waals surface area contributed by atoms with Crippen LogP contribution < -0.4 is 4.74 Å². The highest BCUT2D eigenvalue weighted by atomic mass is 127.